The fraction of sp³-hybridized carbons (Fsp3) is 0.111. The van der Waals surface area contributed by atoms with Gasteiger partial charge in [-0.2, -0.15) is 4.39 Å². The van der Waals surface area contributed by atoms with Gasteiger partial charge >= 0.3 is 0 Å². The Labute approximate surface area is 79.8 Å². The second-order valence-electron chi connectivity index (χ2n) is 2.71. The van der Waals surface area contributed by atoms with Gasteiger partial charge in [0, 0.05) is 24.0 Å². The minimum atomic E-state index is -0.504. The Morgan fingerprint density at radius 2 is 2.36 bits per heavy atom. The van der Waals surface area contributed by atoms with Gasteiger partial charge in [-0.05, 0) is 6.07 Å². The molecule has 0 atom stereocenters. The van der Waals surface area contributed by atoms with Crippen LogP contribution >= 0.6 is 0 Å². The van der Waals surface area contributed by atoms with Crippen molar-refractivity contribution in [2.75, 3.05) is 5.32 Å². The number of hydrogen-bond acceptors (Lipinski definition) is 4. The van der Waals surface area contributed by atoms with Crippen molar-refractivity contribution < 1.29 is 8.91 Å². The molecular weight excluding hydrogens is 185 g/mol. The van der Waals surface area contributed by atoms with Crippen LogP contribution in [-0.2, 0) is 6.54 Å². The van der Waals surface area contributed by atoms with Gasteiger partial charge in [-0.3, -0.25) is 0 Å². The normalized spacial score (nSPS) is 10.1. The van der Waals surface area contributed by atoms with Crippen molar-refractivity contribution >= 4 is 5.69 Å². The number of aromatic nitrogens is 2. The molecular formula is C9H8FN3O. The maximum Gasteiger partial charge on any atom is 0.214 e. The lowest BCUT2D eigenvalue weighted by Gasteiger charge is -2.02. The molecule has 72 valence electrons. The van der Waals surface area contributed by atoms with Crippen LogP contribution in [0.25, 0.3) is 0 Å². The number of pyridine rings is 1. The molecule has 0 bridgehead atoms. The molecule has 2 aromatic rings. The molecule has 0 fully saturated rings. The quantitative estimate of drug-likeness (QED) is 0.755. The first kappa shape index (κ1) is 8.68. The Kier molecular flexibility index (Phi) is 2.40. The predicted molar refractivity (Wildman–Crippen MR) is 48.0 cm³/mol. The molecule has 2 aromatic heterocycles. The highest BCUT2D eigenvalue weighted by Crippen LogP contribution is 2.08. The van der Waals surface area contributed by atoms with Gasteiger partial charge in [-0.1, -0.05) is 5.16 Å². The highest BCUT2D eigenvalue weighted by atomic mass is 19.1. The predicted octanol–water partition coefficient (Wildman–Crippen LogP) is 1.82. The zero-order chi connectivity index (χ0) is 9.80. The van der Waals surface area contributed by atoms with E-state index in [1.807, 2.05) is 0 Å². The Balaban J connectivity index is 1.98. The summed E-state index contributed by atoms with van der Waals surface area (Å²) in [6.45, 7) is 0.500. The SMILES string of the molecule is Fc1cc(NCc2ccon2)ccn1. The Morgan fingerprint density at radius 1 is 1.43 bits per heavy atom. The standard InChI is InChI=1S/C9H8FN3O/c10-9-5-7(1-3-11-9)12-6-8-2-4-14-13-8/h1-5H,6H2,(H,11,12). The monoisotopic (exact) mass is 193 g/mol. The van der Waals surface area contributed by atoms with E-state index in [2.05, 4.69) is 20.0 Å². The van der Waals surface area contributed by atoms with Gasteiger partial charge in [0.2, 0.25) is 5.95 Å². The Bertz CT molecular complexity index is 402. The highest BCUT2D eigenvalue weighted by molar-refractivity contribution is 5.41. The van der Waals surface area contributed by atoms with E-state index in [-0.39, 0.29) is 0 Å². The van der Waals surface area contributed by atoms with E-state index in [1.54, 1.807) is 12.1 Å². The Hall–Kier alpha value is -1.91. The highest BCUT2D eigenvalue weighted by Gasteiger charge is 1.97. The molecule has 0 saturated carbocycles. The third kappa shape index (κ3) is 2.07. The first-order chi connectivity index (χ1) is 6.84. The molecule has 14 heavy (non-hydrogen) atoms. The molecule has 2 rings (SSSR count). The second-order valence-corrected chi connectivity index (χ2v) is 2.71. The van der Waals surface area contributed by atoms with Gasteiger partial charge < -0.3 is 9.84 Å². The second kappa shape index (κ2) is 3.87. The van der Waals surface area contributed by atoms with Crippen molar-refractivity contribution in [2.45, 2.75) is 6.54 Å². The lowest BCUT2D eigenvalue weighted by Crippen LogP contribution is -2.00. The molecule has 0 aliphatic heterocycles. The number of rotatable bonds is 3. The fourth-order valence-electron chi connectivity index (χ4n) is 1.03. The van der Waals surface area contributed by atoms with E-state index in [9.17, 15) is 4.39 Å². The molecule has 4 nitrogen and oxygen atoms in total. The van der Waals surface area contributed by atoms with Crippen LogP contribution in [-0.4, -0.2) is 10.1 Å². The van der Waals surface area contributed by atoms with Crippen molar-refractivity contribution in [3.05, 3.63) is 42.3 Å². The zero-order valence-corrected chi connectivity index (χ0v) is 7.27. The van der Waals surface area contributed by atoms with Crippen molar-refractivity contribution in [3.8, 4) is 0 Å². The summed E-state index contributed by atoms with van der Waals surface area (Å²) < 4.78 is 17.3. The van der Waals surface area contributed by atoms with Crippen molar-refractivity contribution in [1.82, 2.24) is 10.1 Å². The molecule has 0 unspecified atom stereocenters. The number of hydrogen-bond donors (Lipinski definition) is 1. The summed E-state index contributed by atoms with van der Waals surface area (Å²) in [7, 11) is 0. The van der Waals surface area contributed by atoms with Crippen LogP contribution in [0.3, 0.4) is 0 Å². The molecule has 0 aliphatic carbocycles. The third-order valence-electron chi connectivity index (χ3n) is 1.69. The summed E-state index contributed by atoms with van der Waals surface area (Å²) in [6, 6.07) is 4.74. The van der Waals surface area contributed by atoms with Crippen LogP contribution in [0.15, 0.2) is 35.2 Å². The summed E-state index contributed by atoms with van der Waals surface area (Å²) in [5, 5.41) is 6.69. The van der Waals surface area contributed by atoms with Crippen LogP contribution in [0, 0.1) is 5.95 Å². The van der Waals surface area contributed by atoms with Crippen molar-refractivity contribution in [1.29, 1.82) is 0 Å². The zero-order valence-electron chi connectivity index (χ0n) is 7.27. The lowest BCUT2D eigenvalue weighted by molar-refractivity contribution is 0.412. The van der Waals surface area contributed by atoms with E-state index < -0.39 is 5.95 Å². The van der Waals surface area contributed by atoms with Gasteiger partial charge in [0.05, 0.1) is 6.54 Å². The largest absolute Gasteiger partial charge is 0.379 e. The average Bonchev–Trinajstić information content (AvgIpc) is 2.67. The van der Waals surface area contributed by atoms with Crippen LogP contribution < -0.4 is 5.32 Å². The first-order valence-electron chi connectivity index (χ1n) is 4.09. The minimum absolute atomic E-state index is 0.500. The molecule has 0 spiro atoms. The molecule has 0 saturated heterocycles. The van der Waals surface area contributed by atoms with Gasteiger partial charge in [0.25, 0.3) is 0 Å². The van der Waals surface area contributed by atoms with E-state index in [0.29, 0.717) is 12.2 Å². The van der Waals surface area contributed by atoms with Crippen molar-refractivity contribution in [3.63, 3.8) is 0 Å². The van der Waals surface area contributed by atoms with E-state index in [1.165, 1.54) is 18.5 Å². The summed E-state index contributed by atoms with van der Waals surface area (Å²) in [5.74, 6) is -0.504. The average molecular weight is 193 g/mol. The van der Waals surface area contributed by atoms with Crippen LogP contribution in [0.1, 0.15) is 5.69 Å². The topological polar surface area (TPSA) is 51.0 Å². The van der Waals surface area contributed by atoms with Gasteiger partial charge in [0.1, 0.15) is 12.0 Å². The summed E-state index contributed by atoms with van der Waals surface area (Å²) >= 11 is 0. The molecule has 2 heterocycles. The van der Waals surface area contributed by atoms with Gasteiger partial charge in [-0.15, -0.1) is 0 Å². The van der Waals surface area contributed by atoms with Crippen LogP contribution in [0.2, 0.25) is 0 Å². The molecule has 1 N–H and O–H groups in total. The number of nitrogens with one attached hydrogen (secondary N) is 1. The number of anilines is 1. The molecule has 0 amide bonds. The van der Waals surface area contributed by atoms with Gasteiger partial charge in [-0.25, -0.2) is 4.98 Å². The number of halogens is 1. The maximum absolute atomic E-state index is 12.6. The maximum atomic E-state index is 12.6. The fourth-order valence-corrected chi connectivity index (χ4v) is 1.03. The first-order valence-corrected chi connectivity index (χ1v) is 4.09. The van der Waals surface area contributed by atoms with E-state index >= 15 is 0 Å². The molecule has 0 aliphatic rings. The lowest BCUT2D eigenvalue weighted by atomic mass is 10.3. The van der Waals surface area contributed by atoms with E-state index in [4.69, 9.17) is 0 Å². The minimum Gasteiger partial charge on any atom is -0.379 e. The molecule has 5 heteroatoms. The van der Waals surface area contributed by atoms with E-state index in [0.717, 1.165) is 5.69 Å². The summed E-state index contributed by atoms with van der Waals surface area (Å²) in [6.07, 6.45) is 2.89. The third-order valence-corrected chi connectivity index (χ3v) is 1.69. The molecule has 0 radical (unpaired) electrons. The number of nitrogens with zero attached hydrogens (tertiary/aromatic N) is 2. The van der Waals surface area contributed by atoms with Crippen LogP contribution in [0.5, 0.6) is 0 Å². The Morgan fingerprint density at radius 3 is 3.07 bits per heavy atom. The smallest absolute Gasteiger partial charge is 0.214 e. The van der Waals surface area contributed by atoms with Gasteiger partial charge in [0.15, 0.2) is 0 Å². The van der Waals surface area contributed by atoms with Crippen molar-refractivity contribution in [2.24, 2.45) is 0 Å². The van der Waals surface area contributed by atoms with Crippen LogP contribution in [0.4, 0.5) is 10.1 Å². The summed E-state index contributed by atoms with van der Waals surface area (Å²) in [4.78, 5) is 3.44. The summed E-state index contributed by atoms with van der Waals surface area (Å²) in [5.41, 5.74) is 1.43. The molecule has 0 aromatic carbocycles.